The van der Waals surface area contributed by atoms with Gasteiger partial charge < -0.3 is 15.0 Å². The van der Waals surface area contributed by atoms with Crippen molar-refractivity contribution < 1.29 is 40.7 Å². The second-order valence-electron chi connectivity index (χ2n) is 8.21. The largest absolute Gasteiger partial charge is 0.434 e. The molecule has 188 valence electrons. The van der Waals surface area contributed by atoms with Gasteiger partial charge in [0.15, 0.2) is 5.69 Å². The number of hydrogen-bond acceptors (Lipinski definition) is 5. The summed E-state index contributed by atoms with van der Waals surface area (Å²) in [5.74, 6) is 1.59. The van der Waals surface area contributed by atoms with Crippen LogP contribution in [0.3, 0.4) is 0 Å². The number of halogens is 6. The van der Waals surface area contributed by atoms with Crippen LogP contribution in [0.25, 0.3) is 0 Å². The van der Waals surface area contributed by atoms with Crippen LogP contribution in [0.4, 0.5) is 31.1 Å². The molecule has 1 N–H and O–H groups in total. The molecule has 3 rings (SSSR count). The molecule has 2 aliphatic heterocycles. The Morgan fingerprint density at radius 1 is 1.18 bits per heavy atom. The first kappa shape index (κ1) is 25.7. The normalized spacial score (nSPS) is 21.0. The van der Waals surface area contributed by atoms with Crippen molar-refractivity contribution in [3.63, 3.8) is 0 Å². The molecule has 1 aromatic rings. The Hall–Kier alpha value is -2.95. The second kappa shape index (κ2) is 9.73. The lowest BCUT2D eigenvalue weighted by molar-refractivity contribution is -0.308. The minimum absolute atomic E-state index is 0.0217. The van der Waals surface area contributed by atoms with E-state index in [-0.39, 0.29) is 37.2 Å². The average molecular weight is 495 g/mol. The molecule has 0 bridgehead atoms. The highest BCUT2D eigenvalue weighted by Crippen LogP contribution is 2.37. The average Bonchev–Trinajstić information content (AvgIpc) is 3.41. The summed E-state index contributed by atoms with van der Waals surface area (Å²) in [6, 6.07) is 0. The van der Waals surface area contributed by atoms with Gasteiger partial charge in [0.05, 0.1) is 6.54 Å². The third-order valence-electron chi connectivity index (χ3n) is 5.75. The van der Waals surface area contributed by atoms with Gasteiger partial charge in [-0.2, -0.15) is 31.4 Å². The lowest BCUT2D eigenvalue weighted by Crippen LogP contribution is -2.48. The van der Waals surface area contributed by atoms with E-state index in [0.717, 1.165) is 4.90 Å². The van der Waals surface area contributed by atoms with Gasteiger partial charge in [-0.3, -0.25) is 14.4 Å². The maximum Gasteiger partial charge on any atom is 0.434 e. The van der Waals surface area contributed by atoms with Gasteiger partial charge in [0.25, 0.3) is 12.0 Å². The number of hydrogen-bond donors (Lipinski definition) is 1. The highest BCUT2D eigenvalue weighted by Gasteiger charge is 2.60. The SMILES string of the molecule is C#CCNC(=O)c1nn(CC)cc1CN1CC2CN(C(=O)OC(C(F)(F)F)C(F)(F)F)CC2C1. The third-order valence-corrected chi connectivity index (χ3v) is 5.75. The predicted molar refractivity (Wildman–Crippen MR) is 105 cm³/mol. The molecule has 0 saturated carbocycles. The molecule has 0 aromatic carbocycles. The van der Waals surface area contributed by atoms with Crippen LogP contribution in [0.2, 0.25) is 0 Å². The van der Waals surface area contributed by atoms with Crippen molar-refractivity contribution in [3.05, 3.63) is 17.5 Å². The maximum atomic E-state index is 12.7. The molecule has 2 saturated heterocycles. The molecule has 2 aliphatic rings. The Balaban J connectivity index is 1.60. The fourth-order valence-electron chi connectivity index (χ4n) is 4.25. The summed E-state index contributed by atoms with van der Waals surface area (Å²) >= 11 is 0. The first-order valence-electron chi connectivity index (χ1n) is 10.4. The van der Waals surface area contributed by atoms with Crippen molar-refractivity contribution in [1.82, 2.24) is 24.9 Å². The van der Waals surface area contributed by atoms with Gasteiger partial charge in [-0.15, -0.1) is 6.42 Å². The molecule has 0 aliphatic carbocycles. The lowest BCUT2D eigenvalue weighted by atomic mass is 10.0. The fourth-order valence-corrected chi connectivity index (χ4v) is 4.25. The number of nitrogens with one attached hydrogen (secondary N) is 1. The summed E-state index contributed by atoms with van der Waals surface area (Å²) in [6.07, 6.45) is -10.4. The van der Waals surface area contributed by atoms with E-state index in [4.69, 9.17) is 6.42 Å². The minimum atomic E-state index is -5.76. The Morgan fingerprint density at radius 3 is 2.26 bits per heavy atom. The molecule has 1 aromatic heterocycles. The first-order valence-corrected chi connectivity index (χ1v) is 10.4. The zero-order chi connectivity index (χ0) is 25.3. The van der Waals surface area contributed by atoms with E-state index >= 15 is 0 Å². The summed E-state index contributed by atoms with van der Waals surface area (Å²) in [4.78, 5) is 27.2. The molecule has 14 heteroatoms. The van der Waals surface area contributed by atoms with E-state index in [1.54, 1.807) is 10.9 Å². The lowest BCUT2D eigenvalue weighted by Gasteiger charge is -2.26. The number of amides is 2. The van der Waals surface area contributed by atoms with Gasteiger partial charge >= 0.3 is 18.4 Å². The third kappa shape index (κ3) is 5.75. The van der Waals surface area contributed by atoms with E-state index in [2.05, 4.69) is 21.1 Å². The number of carbonyl (C=O) groups excluding carboxylic acids is 2. The zero-order valence-corrected chi connectivity index (χ0v) is 18.1. The highest BCUT2D eigenvalue weighted by molar-refractivity contribution is 5.93. The Kier molecular flexibility index (Phi) is 7.35. The van der Waals surface area contributed by atoms with Crippen LogP contribution in [0.5, 0.6) is 0 Å². The number of nitrogens with zero attached hydrogens (tertiary/aromatic N) is 4. The molecule has 2 unspecified atom stereocenters. The van der Waals surface area contributed by atoms with Gasteiger partial charge in [0.1, 0.15) is 0 Å². The minimum Gasteiger partial charge on any atom is -0.426 e. The molecule has 0 spiro atoms. The van der Waals surface area contributed by atoms with E-state index in [0.29, 0.717) is 31.7 Å². The Labute approximate surface area is 191 Å². The molecular weight excluding hydrogens is 472 g/mol. The molecule has 2 fully saturated rings. The van der Waals surface area contributed by atoms with Crippen molar-refractivity contribution in [1.29, 1.82) is 0 Å². The molecular formula is C20H23F6N5O3. The number of fused-ring (bicyclic) bond motifs is 1. The number of ether oxygens (including phenoxy) is 1. The van der Waals surface area contributed by atoms with Crippen LogP contribution < -0.4 is 5.32 Å². The smallest absolute Gasteiger partial charge is 0.426 e. The number of likely N-dealkylation sites (tertiary alicyclic amines) is 2. The molecule has 2 amide bonds. The number of aromatic nitrogens is 2. The van der Waals surface area contributed by atoms with Crippen LogP contribution in [0.1, 0.15) is 23.0 Å². The highest BCUT2D eigenvalue weighted by atomic mass is 19.4. The van der Waals surface area contributed by atoms with Crippen molar-refractivity contribution in [2.75, 3.05) is 32.7 Å². The summed E-state index contributed by atoms with van der Waals surface area (Å²) in [6.45, 7) is 3.64. The van der Waals surface area contributed by atoms with Gasteiger partial charge in [-0.05, 0) is 18.8 Å². The summed E-state index contributed by atoms with van der Waals surface area (Å²) < 4.78 is 81.4. The monoisotopic (exact) mass is 495 g/mol. The first-order chi connectivity index (χ1) is 15.8. The molecule has 0 radical (unpaired) electrons. The van der Waals surface area contributed by atoms with Crippen molar-refractivity contribution in [3.8, 4) is 12.3 Å². The predicted octanol–water partition coefficient (Wildman–Crippen LogP) is 2.26. The number of terminal acetylenes is 1. The maximum absolute atomic E-state index is 12.7. The van der Waals surface area contributed by atoms with Crippen LogP contribution >= 0.6 is 0 Å². The fraction of sp³-hybridized carbons (Fsp3) is 0.650. The molecule has 3 heterocycles. The van der Waals surface area contributed by atoms with Gasteiger partial charge in [-0.1, -0.05) is 5.92 Å². The van der Waals surface area contributed by atoms with Crippen LogP contribution in [-0.4, -0.2) is 82.8 Å². The van der Waals surface area contributed by atoms with Crippen LogP contribution in [-0.2, 0) is 17.8 Å². The van der Waals surface area contributed by atoms with Crippen molar-refractivity contribution in [2.45, 2.75) is 38.5 Å². The van der Waals surface area contributed by atoms with E-state index in [1.165, 1.54) is 0 Å². The van der Waals surface area contributed by atoms with E-state index in [9.17, 15) is 35.9 Å². The van der Waals surface area contributed by atoms with Crippen LogP contribution in [0, 0.1) is 24.2 Å². The molecule has 2 atom stereocenters. The second-order valence-corrected chi connectivity index (χ2v) is 8.21. The number of aryl methyl sites for hydroxylation is 1. The summed E-state index contributed by atoms with van der Waals surface area (Å²) in [5.41, 5.74) is 0.885. The van der Waals surface area contributed by atoms with Gasteiger partial charge in [0.2, 0.25) is 0 Å². The zero-order valence-electron chi connectivity index (χ0n) is 18.1. The quantitative estimate of drug-likeness (QED) is 0.484. The molecule has 34 heavy (non-hydrogen) atoms. The number of alkyl halides is 6. The summed E-state index contributed by atoms with van der Waals surface area (Å²) in [5, 5.41) is 6.81. The van der Waals surface area contributed by atoms with Crippen molar-refractivity contribution >= 4 is 12.0 Å². The van der Waals surface area contributed by atoms with Crippen molar-refractivity contribution in [2.24, 2.45) is 11.8 Å². The molecule has 8 nitrogen and oxygen atoms in total. The van der Waals surface area contributed by atoms with E-state index in [1.807, 2.05) is 11.8 Å². The van der Waals surface area contributed by atoms with Crippen LogP contribution in [0.15, 0.2) is 6.20 Å². The number of rotatable bonds is 6. The Bertz CT molecular complexity index is 926. The number of carbonyl (C=O) groups is 2. The summed E-state index contributed by atoms with van der Waals surface area (Å²) in [7, 11) is 0. The van der Waals surface area contributed by atoms with Gasteiger partial charge in [-0.25, -0.2) is 4.79 Å². The van der Waals surface area contributed by atoms with Gasteiger partial charge in [0, 0.05) is 51.0 Å². The van der Waals surface area contributed by atoms with E-state index < -0.39 is 30.5 Å². The topological polar surface area (TPSA) is 79.7 Å². The standard InChI is InChI=1S/C20H23F6N5O3/c1-3-5-27-16(32)15-14(11-31(4-2)28-15)8-29-6-12-9-30(10-13(12)7-29)18(33)34-17(19(21,22)23)20(24,25)26/h1,11-13,17H,4-10H2,2H3,(H,27,32). The Morgan fingerprint density at radius 2 is 1.76 bits per heavy atom.